The van der Waals surface area contributed by atoms with Gasteiger partial charge in [-0.3, -0.25) is 0 Å². The molecule has 17 heavy (non-hydrogen) atoms. The van der Waals surface area contributed by atoms with Crippen LogP contribution in [-0.4, -0.2) is 19.7 Å². The number of rotatable bonds is 6. The second-order valence-corrected chi connectivity index (χ2v) is 4.40. The minimum absolute atomic E-state index is 0.0618. The fourth-order valence-corrected chi connectivity index (χ4v) is 1.59. The van der Waals surface area contributed by atoms with Crippen molar-refractivity contribution < 1.29 is 4.74 Å². The summed E-state index contributed by atoms with van der Waals surface area (Å²) in [5.41, 5.74) is 1.25. The third-order valence-electron chi connectivity index (χ3n) is 2.74. The van der Waals surface area contributed by atoms with Crippen molar-refractivity contribution >= 4 is 0 Å². The number of methoxy groups -OCH3 is 1. The number of nitrogens with zero attached hydrogens (tertiary/aromatic N) is 1. The lowest BCUT2D eigenvalue weighted by Gasteiger charge is -2.14. The SMILES string of the molecule is COc1ccc(CCNC(C#N)C(C)C)cc1. The maximum atomic E-state index is 8.93. The smallest absolute Gasteiger partial charge is 0.118 e. The highest BCUT2D eigenvalue weighted by Crippen LogP contribution is 2.11. The zero-order valence-electron chi connectivity index (χ0n) is 10.7. The molecule has 0 saturated carbocycles. The summed E-state index contributed by atoms with van der Waals surface area (Å²) in [5, 5.41) is 12.2. The summed E-state index contributed by atoms with van der Waals surface area (Å²) in [6.45, 7) is 4.92. The third kappa shape index (κ3) is 4.46. The highest BCUT2D eigenvalue weighted by Gasteiger charge is 2.10. The number of benzene rings is 1. The van der Waals surface area contributed by atoms with Crippen LogP contribution in [0.4, 0.5) is 0 Å². The van der Waals surface area contributed by atoms with Gasteiger partial charge in [-0.05, 0) is 30.0 Å². The Morgan fingerprint density at radius 2 is 1.94 bits per heavy atom. The topological polar surface area (TPSA) is 45.0 Å². The lowest BCUT2D eigenvalue weighted by Crippen LogP contribution is -2.33. The number of nitrogens with one attached hydrogen (secondary N) is 1. The molecule has 0 spiro atoms. The Labute approximate surface area is 103 Å². The highest BCUT2D eigenvalue weighted by atomic mass is 16.5. The van der Waals surface area contributed by atoms with Crippen LogP contribution in [-0.2, 0) is 6.42 Å². The second-order valence-electron chi connectivity index (χ2n) is 4.40. The van der Waals surface area contributed by atoms with Crippen LogP contribution in [0.1, 0.15) is 19.4 Å². The Bertz CT molecular complexity index is 365. The molecule has 1 unspecified atom stereocenters. The maximum Gasteiger partial charge on any atom is 0.118 e. The Morgan fingerprint density at radius 1 is 1.29 bits per heavy atom. The molecule has 1 aromatic carbocycles. The van der Waals surface area contributed by atoms with Gasteiger partial charge in [-0.25, -0.2) is 0 Å². The normalized spacial score (nSPS) is 12.2. The molecule has 0 aliphatic carbocycles. The summed E-state index contributed by atoms with van der Waals surface area (Å²) < 4.78 is 5.10. The van der Waals surface area contributed by atoms with E-state index >= 15 is 0 Å². The van der Waals surface area contributed by atoms with Crippen molar-refractivity contribution in [1.29, 1.82) is 5.26 Å². The number of ether oxygens (including phenoxy) is 1. The van der Waals surface area contributed by atoms with E-state index in [1.54, 1.807) is 7.11 Å². The van der Waals surface area contributed by atoms with Crippen molar-refractivity contribution in [2.24, 2.45) is 5.92 Å². The molecular weight excluding hydrogens is 212 g/mol. The van der Waals surface area contributed by atoms with E-state index in [9.17, 15) is 0 Å². The largest absolute Gasteiger partial charge is 0.497 e. The minimum Gasteiger partial charge on any atom is -0.497 e. The van der Waals surface area contributed by atoms with Crippen molar-refractivity contribution in [3.05, 3.63) is 29.8 Å². The van der Waals surface area contributed by atoms with Crippen molar-refractivity contribution in [2.45, 2.75) is 26.3 Å². The van der Waals surface area contributed by atoms with Gasteiger partial charge in [0.2, 0.25) is 0 Å². The summed E-state index contributed by atoms with van der Waals surface area (Å²) in [6, 6.07) is 10.2. The summed E-state index contributed by atoms with van der Waals surface area (Å²) in [4.78, 5) is 0. The molecule has 0 amide bonds. The van der Waals surface area contributed by atoms with Crippen molar-refractivity contribution in [2.75, 3.05) is 13.7 Å². The Hall–Kier alpha value is -1.53. The molecule has 92 valence electrons. The van der Waals surface area contributed by atoms with Gasteiger partial charge in [-0.2, -0.15) is 5.26 Å². The van der Waals surface area contributed by atoms with Crippen LogP contribution in [0.2, 0.25) is 0 Å². The zero-order chi connectivity index (χ0) is 12.7. The van der Waals surface area contributed by atoms with Gasteiger partial charge < -0.3 is 10.1 Å². The predicted molar refractivity (Wildman–Crippen MR) is 68.9 cm³/mol. The third-order valence-corrected chi connectivity index (χ3v) is 2.74. The Morgan fingerprint density at radius 3 is 2.41 bits per heavy atom. The maximum absolute atomic E-state index is 8.93. The summed E-state index contributed by atoms with van der Waals surface area (Å²) in [5.74, 6) is 1.22. The molecule has 1 N–H and O–H groups in total. The average Bonchev–Trinajstić information content (AvgIpc) is 2.35. The average molecular weight is 232 g/mol. The molecule has 0 bridgehead atoms. The lowest BCUT2D eigenvalue weighted by molar-refractivity contribution is 0.414. The van der Waals surface area contributed by atoms with E-state index in [0.717, 1.165) is 18.7 Å². The van der Waals surface area contributed by atoms with Crippen LogP contribution in [0.15, 0.2) is 24.3 Å². The quantitative estimate of drug-likeness (QED) is 0.819. The number of hydrogen-bond donors (Lipinski definition) is 1. The van der Waals surface area contributed by atoms with Crippen molar-refractivity contribution in [1.82, 2.24) is 5.32 Å². The lowest BCUT2D eigenvalue weighted by atomic mass is 10.1. The molecule has 1 aromatic rings. The van der Waals surface area contributed by atoms with Gasteiger partial charge in [-0.15, -0.1) is 0 Å². The van der Waals surface area contributed by atoms with Gasteiger partial charge in [0.15, 0.2) is 0 Å². The van der Waals surface area contributed by atoms with Crippen LogP contribution in [0.3, 0.4) is 0 Å². The highest BCUT2D eigenvalue weighted by molar-refractivity contribution is 5.27. The molecule has 1 atom stereocenters. The molecular formula is C14H20N2O. The second kappa shape index (κ2) is 6.93. The van der Waals surface area contributed by atoms with Gasteiger partial charge in [0, 0.05) is 6.54 Å². The standard InChI is InChI=1S/C14H20N2O/c1-11(2)14(10-15)16-9-8-12-4-6-13(17-3)7-5-12/h4-7,11,14,16H,8-9H2,1-3H3. The van der Waals surface area contributed by atoms with Gasteiger partial charge in [0.05, 0.1) is 19.2 Å². The summed E-state index contributed by atoms with van der Waals surface area (Å²) in [6.07, 6.45) is 0.925. The van der Waals surface area contributed by atoms with E-state index in [1.807, 2.05) is 26.0 Å². The van der Waals surface area contributed by atoms with Crippen LogP contribution in [0.5, 0.6) is 5.75 Å². The van der Waals surface area contributed by atoms with Crippen molar-refractivity contribution in [3.63, 3.8) is 0 Å². The van der Waals surface area contributed by atoms with Crippen LogP contribution in [0.25, 0.3) is 0 Å². The van der Waals surface area contributed by atoms with E-state index in [-0.39, 0.29) is 6.04 Å². The molecule has 0 saturated heterocycles. The number of nitriles is 1. The fraction of sp³-hybridized carbons (Fsp3) is 0.500. The van der Waals surface area contributed by atoms with Crippen molar-refractivity contribution in [3.8, 4) is 11.8 Å². The van der Waals surface area contributed by atoms with Gasteiger partial charge >= 0.3 is 0 Å². The van der Waals surface area contributed by atoms with E-state index in [1.165, 1.54) is 5.56 Å². The predicted octanol–water partition coefficient (Wildman–Crippen LogP) is 2.38. The van der Waals surface area contributed by atoms with Gasteiger partial charge in [-0.1, -0.05) is 26.0 Å². The van der Waals surface area contributed by atoms with E-state index in [2.05, 4.69) is 23.5 Å². The molecule has 3 heteroatoms. The van der Waals surface area contributed by atoms with E-state index in [0.29, 0.717) is 5.92 Å². The van der Waals surface area contributed by atoms with Crippen LogP contribution >= 0.6 is 0 Å². The Balaban J connectivity index is 2.38. The fourth-order valence-electron chi connectivity index (χ4n) is 1.59. The van der Waals surface area contributed by atoms with Crippen LogP contribution in [0, 0.1) is 17.2 Å². The molecule has 0 aliphatic heterocycles. The first-order chi connectivity index (χ1) is 8.17. The summed E-state index contributed by atoms with van der Waals surface area (Å²) >= 11 is 0. The first-order valence-corrected chi connectivity index (χ1v) is 5.93. The molecule has 3 nitrogen and oxygen atoms in total. The molecule has 0 heterocycles. The summed E-state index contributed by atoms with van der Waals surface area (Å²) in [7, 11) is 1.66. The first-order valence-electron chi connectivity index (χ1n) is 5.93. The number of hydrogen-bond acceptors (Lipinski definition) is 3. The van der Waals surface area contributed by atoms with Gasteiger partial charge in [0.25, 0.3) is 0 Å². The van der Waals surface area contributed by atoms with E-state index in [4.69, 9.17) is 10.00 Å². The zero-order valence-corrected chi connectivity index (χ0v) is 10.7. The van der Waals surface area contributed by atoms with Crippen LogP contribution < -0.4 is 10.1 Å². The van der Waals surface area contributed by atoms with Gasteiger partial charge in [0.1, 0.15) is 5.75 Å². The first kappa shape index (κ1) is 13.5. The molecule has 0 aromatic heterocycles. The van der Waals surface area contributed by atoms with E-state index < -0.39 is 0 Å². The molecule has 0 aliphatic rings. The Kier molecular flexibility index (Phi) is 5.51. The molecule has 0 radical (unpaired) electrons. The minimum atomic E-state index is -0.0618. The monoisotopic (exact) mass is 232 g/mol. The molecule has 1 rings (SSSR count). The molecule has 0 fully saturated rings.